The van der Waals surface area contributed by atoms with Crippen LogP contribution in [-0.4, -0.2) is 18.0 Å². The first-order valence-corrected chi connectivity index (χ1v) is 7.43. The second-order valence-corrected chi connectivity index (χ2v) is 5.73. The highest BCUT2D eigenvalue weighted by molar-refractivity contribution is 5.23. The second-order valence-electron chi connectivity index (χ2n) is 5.73. The Hall–Kier alpha value is -1.74. The molecule has 0 aliphatic carbocycles. The Morgan fingerprint density at radius 1 is 1.00 bits per heavy atom. The summed E-state index contributed by atoms with van der Waals surface area (Å²) < 4.78 is 26.4. The van der Waals surface area contributed by atoms with E-state index in [-0.39, 0.29) is 5.92 Å². The Bertz CT molecular complexity index is 597. The van der Waals surface area contributed by atoms with Crippen molar-refractivity contribution in [3.05, 3.63) is 71.3 Å². The second kappa shape index (κ2) is 6.35. The minimum Gasteiger partial charge on any atom is -0.298 e. The van der Waals surface area contributed by atoms with Gasteiger partial charge in [0, 0.05) is 13.1 Å². The Morgan fingerprint density at radius 3 is 2.57 bits per heavy atom. The molecule has 1 saturated heterocycles. The van der Waals surface area contributed by atoms with Gasteiger partial charge in [-0.3, -0.25) is 4.90 Å². The van der Waals surface area contributed by atoms with Gasteiger partial charge in [-0.25, -0.2) is 8.78 Å². The molecule has 2 aromatic rings. The average Bonchev–Trinajstić information content (AvgIpc) is 2.51. The van der Waals surface area contributed by atoms with Crippen LogP contribution >= 0.6 is 0 Å². The maximum atomic E-state index is 13.4. The SMILES string of the molecule is Fc1ccc(C2CCCN(Cc3ccccc3)C2)cc1F. The van der Waals surface area contributed by atoms with Crippen molar-refractivity contribution in [2.75, 3.05) is 13.1 Å². The van der Waals surface area contributed by atoms with Crippen molar-refractivity contribution >= 4 is 0 Å². The Labute approximate surface area is 124 Å². The highest BCUT2D eigenvalue weighted by Crippen LogP contribution is 2.28. The monoisotopic (exact) mass is 287 g/mol. The van der Waals surface area contributed by atoms with Crippen molar-refractivity contribution in [2.45, 2.75) is 25.3 Å². The van der Waals surface area contributed by atoms with Crippen molar-refractivity contribution < 1.29 is 8.78 Å². The van der Waals surface area contributed by atoms with Crippen LogP contribution in [-0.2, 0) is 6.54 Å². The zero-order valence-corrected chi connectivity index (χ0v) is 11.9. The van der Waals surface area contributed by atoms with Crippen LogP contribution in [0.2, 0.25) is 0 Å². The van der Waals surface area contributed by atoms with Crippen molar-refractivity contribution in [3.63, 3.8) is 0 Å². The van der Waals surface area contributed by atoms with E-state index in [1.54, 1.807) is 6.07 Å². The van der Waals surface area contributed by atoms with E-state index in [0.29, 0.717) is 0 Å². The molecule has 0 aromatic heterocycles. The molecule has 1 heterocycles. The predicted octanol–water partition coefficient (Wildman–Crippen LogP) is 4.34. The fourth-order valence-corrected chi connectivity index (χ4v) is 3.08. The molecule has 1 aliphatic heterocycles. The molecule has 21 heavy (non-hydrogen) atoms. The molecule has 0 N–H and O–H groups in total. The van der Waals surface area contributed by atoms with Gasteiger partial charge in [-0.1, -0.05) is 36.4 Å². The van der Waals surface area contributed by atoms with Gasteiger partial charge in [0.2, 0.25) is 0 Å². The summed E-state index contributed by atoms with van der Waals surface area (Å²) in [6.07, 6.45) is 2.13. The van der Waals surface area contributed by atoms with Crippen molar-refractivity contribution in [2.24, 2.45) is 0 Å². The fraction of sp³-hybridized carbons (Fsp3) is 0.333. The first-order valence-electron chi connectivity index (χ1n) is 7.43. The largest absolute Gasteiger partial charge is 0.298 e. The highest BCUT2D eigenvalue weighted by Gasteiger charge is 2.22. The molecule has 1 nitrogen and oxygen atoms in total. The number of hydrogen-bond acceptors (Lipinski definition) is 1. The summed E-state index contributed by atoms with van der Waals surface area (Å²) in [4.78, 5) is 2.39. The van der Waals surface area contributed by atoms with E-state index in [1.807, 2.05) is 18.2 Å². The summed E-state index contributed by atoms with van der Waals surface area (Å²) in [5.41, 5.74) is 2.20. The molecule has 0 amide bonds. The molecule has 3 heteroatoms. The fourth-order valence-electron chi connectivity index (χ4n) is 3.08. The summed E-state index contributed by atoms with van der Waals surface area (Å²) >= 11 is 0. The van der Waals surface area contributed by atoms with E-state index in [4.69, 9.17) is 0 Å². The summed E-state index contributed by atoms with van der Waals surface area (Å²) in [5.74, 6) is -1.22. The Morgan fingerprint density at radius 2 is 1.81 bits per heavy atom. The lowest BCUT2D eigenvalue weighted by Crippen LogP contribution is -2.33. The molecule has 1 atom stereocenters. The van der Waals surface area contributed by atoms with Gasteiger partial charge in [-0.2, -0.15) is 0 Å². The van der Waals surface area contributed by atoms with Crippen molar-refractivity contribution in [1.82, 2.24) is 4.90 Å². The van der Waals surface area contributed by atoms with Crippen LogP contribution in [0.1, 0.15) is 29.9 Å². The minimum atomic E-state index is -0.768. The summed E-state index contributed by atoms with van der Waals surface area (Å²) in [6.45, 7) is 2.88. The first-order chi connectivity index (χ1) is 10.2. The molecule has 1 fully saturated rings. The summed E-state index contributed by atoms with van der Waals surface area (Å²) in [6, 6.07) is 14.7. The van der Waals surface area contributed by atoms with E-state index in [2.05, 4.69) is 17.0 Å². The van der Waals surface area contributed by atoms with Gasteiger partial charge < -0.3 is 0 Å². The van der Waals surface area contributed by atoms with Crippen LogP contribution in [0.4, 0.5) is 8.78 Å². The maximum absolute atomic E-state index is 13.4. The van der Waals surface area contributed by atoms with E-state index in [1.165, 1.54) is 17.7 Å². The smallest absolute Gasteiger partial charge is 0.159 e. The van der Waals surface area contributed by atoms with Gasteiger partial charge in [-0.15, -0.1) is 0 Å². The number of rotatable bonds is 3. The van der Waals surface area contributed by atoms with Crippen molar-refractivity contribution in [3.8, 4) is 0 Å². The van der Waals surface area contributed by atoms with Gasteiger partial charge in [-0.05, 0) is 48.6 Å². The highest BCUT2D eigenvalue weighted by atomic mass is 19.2. The first kappa shape index (κ1) is 14.2. The third-order valence-electron chi connectivity index (χ3n) is 4.17. The molecule has 0 spiro atoms. The van der Waals surface area contributed by atoms with Gasteiger partial charge in [0.05, 0.1) is 0 Å². The van der Waals surface area contributed by atoms with E-state index in [9.17, 15) is 8.78 Å². The molecular weight excluding hydrogens is 268 g/mol. The summed E-state index contributed by atoms with van der Waals surface area (Å²) in [5, 5.41) is 0. The number of halogens is 2. The number of likely N-dealkylation sites (tertiary alicyclic amines) is 1. The molecule has 0 saturated carbocycles. The standard InChI is InChI=1S/C18H19F2N/c19-17-9-8-15(11-18(17)20)16-7-4-10-21(13-16)12-14-5-2-1-3-6-14/h1-3,5-6,8-9,11,16H,4,7,10,12-13H2. The van der Waals surface area contributed by atoms with Crippen LogP contribution < -0.4 is 0 Å². The normalized spacial score (nSPS) is 19.6. The third kappa shape index (κ3) is 3.48. The number of hydrogen-bond donors (Lipinski definition) is 0. The number of benzene rings is 2. The van der Waals surface area contributed by atoms with Crippen molar-refractivity contribution in [1.29, 1.82) is 0 Å². The molecule has 1 aliphatic rings. The van der Waals surface area contributed by atoms with Gasteiger partial charge in [0.25, 0.3) is 0 Å². The lowest BCUT2D eigenvalue weighted by Gasteiger charge is -2.33. The zero-order chi connectivity index (χ0) is 14.7. The predicted molar refractivity (Wildman–Crippen MR) is 80.1 cm³/mol. The van der Waals surface area contributed by atoms with Crippen LogP contribution in [0.5, 0.6) is 0 Å². The molecule has 0 radical (unpaired) electrons. The lowest BCUT2D eigenvalue weighted by atomic mass is 9.90. The Balaban J connectivity index is 1.69. The summed E-state index contributed by atoms with van der Waals surface area (Å²) in [7, 11) is 0. The Kier molecular flexibility index (Phi) is 4.30. The van der Waals surface area contributed by atoms with Gasteiger partial charge in [0.1, 0.15) is 0 Å². The van der Waals surface area contributed by atoms with E-state index < -0.39 is 11.6 Å². The minimum absolute atomic E-state index is 0.289. The average molecular weight is 287 g/mol. The number of piperidine rings is 1. The molecule has 3 rings (SSSR count). The van der Waals surface area contributed by atoms with Gasteiger partial charge >= 0.3 is 0 Å². The molecule has 110 valence electrons. The topological polar surface area (TPSA) is 3.24 Å². The van der Waals surface area contributed by atoms with Crippen LogP contribution in [0.15, 0.2) is 48.5 Å². The molecule has 1 unspecified atom stereocenters. The van der Waals surface area contributed by atoms with E-state index >= 15 is 0 Å². The lowest BCUT2D eigenvalue weighted by molar-refractivity contribution is 0.200. The van der Waals surface area contributed by atoms with Crippen LogP contribution in [0, 0.1) is 11.6 Å². The number of nitrogens with zero attached hydrogens (tertiary/aromatic N) is 1. The van der Waals surface area contributed by atoms with E-state index in [0.717, 1.165) is 38.0 Å². The maximum Gasteiger partial charge on any atom is 0.159 e. The van der Waals surface area contributed by atoms with Crippen LogP contribution in [0.25, 0.3) is 0 Å². The molecular formula is C18H19F2N. The van der Waals surface area contributed by atoms with Gasteiger partial charge in [0.15, 0.2) is 11.6 Å². The molecule has 0 bridgehead atoms. The quantitative estimate of drug-likeness (QED) is 0.811. The van der Waals surface area contributed by atoms with Crippen LogP contribution in [0.3, 0.4) is 0 Å². The molecule has 2 aromatic carbocycles. The zero-order valence-electron chi connectivity index (χ0n) is 11.9. The third-order valence-corrected chi connectivity index (χ3v) is 4.17.